The minimum Gasteiger partial charge on any atom is -0.123 e. The molecule has 0 bridgehead atoms. The molecular formula is C9H16S4. The maximum Gasteiger partial charge on any atom is 0.153 e. The normalized spacial score (nSPS) is 29.5. The van der Waals surface area contributed by atoms with E-state index in [1.54, 1.807) is 0 Å². The van der Waals surface area contributed by atoms with Gasteiger partial charge in [0.05, 0.1) is 0 Å². The molecule has 0 saturated carbocycles. The van der Waals surface area contributed by atoms with Crippen LogP contribution in [0.4, 0.5) is 0 Å². The molecule has 76 valence electrons. The van der Waals surface area contributed by atoms with Gasteiger partial charge in [-0.2, -0.15) is 0 Å². The van der Waals surface area contributed by atoms with Crippen LogP contribution in [-0.4, -0.2) is 25.8 Å². The Morgan fingerprint density at radius 1 is 0.538 bits per heavy atom. The van der Waals surface area contributed by atoms with Crippen molar-refractivity contribution in [3.63, 3.8) is 0 Å². The van der Waals surface area contributed by atoms with Gasteiger partial charge in [-0.15, -0.1) is 47.0 Å². The van der Waals surface area contributed by atoms with Gasteiger partial charge in [-0.1, -0.05) is 0 Å². The highest BCUT2D eigenvalue weighted by Gasteiger charge is 2.34. The van der Waals surface area contributed by atoms with Gasteiger partial charge in [0.1, 0.15) is 0 Å². The summed E-state index contributed by atoms with van der Waals surface area (Å²) in [7, 11) is 0. The highest BCUT2D eigenvalue weighted by molar-refractivity contribution is 8.47. The van der Waals surface area contributed by atoms with Crippen LogP contribution >= 0.6 is 47.0 Å². The molecule has 0 nitrogen and oxygen atoms in total. The number of thioether (sulfide) groups is 4. The molecule has 0 aromatic heterocycles. The lowest BCUT2D eigenvalue weighted by molar-refractivity contribution is 0.912. The SMILES string of the molecule is C1CCSC2(SC1)SCCCCS2. The Kier molecular flexibility index (Phi) is 4.59. The van der Waals surface area contributed by atoms with Crippen molar-refractivity contribution in [3.8, 4) is 0 Å². The molecule has 2 aliphatic heterocycles. The minimum atomic E-state index is 0.493. The van der Waals surface area contributed by atoms with Gasteiger partial charge in [0.25, 0.3) is 0 Å². The van der Waals surface area contributed by atoms with E-state index in [9.17, 15) is 0 Å². The molecule has 0 aliphatic carbocycles. The van der Waals surface area contributed by atoms with Crippen LogP contribution in [-0.2, 0) is 0 Å². The minimum absolute atomic E-state index is 0.493. The third-order valence-electron chi connectivity index (χ3n) is 2.19. The molecule has 4 heteroatoms. The van der Waals surface area contributed by atoms with Crippen LogP contribution in [0.3, 0.4) is 0 Å². The molecule has 0 aromatic carbocycles. The van der Waals surface area contributed by atoms with E-state index in [-0.39, 0.29) is 0 Å². The molecule has 0 radical (unpaired) electrons. The molecule has 2 saturated heterocycles. The Balaban J connectivity index is 1.97. The molecule has 0 atom stereocenters. The second-order valence-electron chi connectivity index (χ2n) is 3.31. The van der Waals surface area contributed by atoms with Gasteiger partial charge in [0.15, 0.2) is 2.74 Å². The Morgan fingerprint density at radius 2 is 0.846 bits per heavy atom. The molecule has 2 aliphatic rings. The van der Waals surface area contributed by atoms with Crippen LogP contribution in [0, 0.1) is 0 Å². The van der Waals surface area contributed by atoms with Crippen molar-refractivity contribution in [2.75, 3.05) is 23.0 Å². The van der Waals surface area contributed by atoms with Gasteiger partial charge >= 0.3 is 0 Å². The summed E-state index contributed by atoms with van der Waals surface area (Å²) in [6.07, 6.45) is 5.72. The Morgan fingerprint density at radius 3 is 1.15 bits per heavy atom. The lowest BCUT2D eigenvalue weighted by atomic mass is 10.4. The molecule has 0 unspecified atom stereocenters. The second-order valence-corrected chi connectivity index (χ2v) is 10.1. The Hall–Kier alpha value is 1.40. The molecule has 2 fully saturated rings. The average molecular weight is 252 g/mol. The smallest absolute Gasteiger partial charge is 0.123 e. The lowest BCUT2D eigenvalue weighted by Crippen LogP contribution is -2.10. The van der Waals surface area contributed by atoms with Crippen molar-refractivity contribution in [3.05, 3.63) is 0 Å². The van der Waals surface area contributed by atoms with E-state index in [4.69, 9.17) is 0 Å². The third kappa shape index (κ3) is 3.18. The fourth-order valence-electron chi connectivity index (χ4n) is 1.45. The highest BCUT2D eigenvalue weighted by atomic mass is 32.3. The van der Waals surface area contributed by atoms with Gasteiger partial charge in [0, 0.05) is 0 Å². The summed E-state index contributed by atoms with van der Waals surface area (Å²) in [5.41, 5.74) is 0. The van der Waals surface area contributed by atoms with E-state index in [1.807, 2.05) is 0 Å². The predicted molar refractivity (Wildman–Crippen MR) is 71.0 cm³/mol. The van der Waals surface area contributed by atoms with E-state index >= 15 is 0 Å². The molecule has 13 heavy (non-hydrogen) atoms. The maximum absolute atomic E-state index is 2.21. The van der Waals surface area contributed by atoms with Crippen LogP contribution in [0.5, 0.6) is 0 Å². The maximum atomic E-state index is 2.21. The lowest BCUT2D eigenvalue weighted by Gasteiger charge is -2.28. The topological polar surface area (TPSA) is 0 Å². The molecule has 0 aromatic rings. The zero-order valence-corrected chi connectivity index (χ0v) is 11.1. The summed E-state index contributed by atoms with van der Waals surface area (Å²) in [6.45, 7) is 0. The van der Waals surface area contributed by atoms with Gasteiger partial charge in [-0.25, -0.2) is 0 Å². The Bertz CT molecular complexity index is 122. The van der Waals surface area contributed by atoms with E-state index < -0.39 is 0 Å². The van der Waals surface area contributed by atoms with Gasteiger partial charge in [0.2, 0.25) is 0 Å². The summed E-state index contributed by atoms with van der Waals surface area (Å²) in [5, 5.41) is 0. The summed E-state index contributed by atoms with van der Waals surface area (Å²) < 4.78 is 0.493. The molecular weight excluding hydrogens is 236 g/mol. The number of hydrogen-bond acceptors (Lipinski definition) is 4. The fourth-order valence-corrected chi connectivity index (χ4v) is 8.84. The number of rotatable bonds is 0. The predicted octanol–water partition coefficient (Wildman–Crippen LogP) is 4.12. The molecule has 1 spiro atoms. The fraction of sp³-hybridized carbons (Fsp3) is 1.00. The van der Waals surface area contributed by atoms with E-state index in [0.717, 1.165) is 0 Å². The van der Waals surface area contributed by atoms with Crippen LogP contribution in [0.2, 0.25) is 0 Å². The first kappa shape index (κ1) is 10.9. The summed E-state index contributed by atoms with van der Waals surface area (Å²) >= 11 is 8.84. The van der Waals surface area contributed by atoms with E-state index in [2.05, 4.69) is 47.0 Å². The van der Waals surface area contributed by atoms with E-state index in [1.165, 1.54) is 48.7 Å². The summed E-state index contributed by atoms with van der Waals surface area (Å²) in [4.78, 5) is 0. The van der Waals surface area contributed by atoms with Gasteiger partial charge < -0.3 is 0 Å². The zero-order chi connectivity index (χ0) is 8.99. The third-order valence-corrected chi connectivity index (χ3v) is 9.82. The van der Waals surface area contributed by atoms with Crippen molar-refractivity contribution in [1.29, 1.82) is 0 Å². The van der Waals surface area contributed by atoms with E-state index in [0.29, 0.717) is 2.74 Å². The van der Waals surface area contributed by atoms with Crippen molar-refractivity contribution in [2.45, 2.75) is 28.4 Å². The first-order valence-corrected chi connectivity index (χ1v) is 8.91. The van der Waals surface area contributed by atoms with Gasteiger partial charge in [-0.05, 0) is 48.7 Å². The first-order chi connectivity index (χ1) is 6.41. The van der Waals surface area contributed by atoms with Crippen molar-refractivity contribution in [2.24, 2.45) is 0 Å². The standard InChI is InChI=1S/C9H16S4/c1-2-6-11-9(10-5-1)12-7-3-4-8-13-9/h1-8H2. The largest absolute Gasteiger partial charge is 0.153 e. The van der Waals surface area contributed by atoms with Crippen LogP contribution in [0.1, 0.15) is 25.7 Å². The summed E-state index contributed by atoms with van der Waals surface area (Å²) in [6, 6.07) is 0. The van der Waals surface area contributed by atoms with Crippen LogP contribution < -0.4 is 0 Å². The summed E-state index contributed by atoms with van der Waals surface area (Å²) in [5.74, 6) is 5.53. The number of hydrogen-bond donors (Lipinski definition) is 0. The average Bonchev–Trinajstić information content (AvgIpc) is 2.50. The highest BCUT2D eigenvalue weighted by Crippen LogP contribution is 2.58. The quantitative estimate of drug-likeness (QED) is 0.636. The van der Waals surface area contributed by atoms with Crippen molar-refractivity contribution >= 4 is 47.0 Å². The Labute approximate surface area is 98.1 Å². The second kappa shape index (κ2) is 5.47. The van der Waals surface area contributed by atoms with Gasteiger partial charge in [-0.3, -0.25) is 0 Å². The molecule has 0 N–H and O–H groups in total. The van der Waals surface area contributed by atoms with Crippen molar-refractivity contribution in [1.82, 2.24) is 0 Å². The van der Waals surface area contributed by atoms with Crippen LogP contribution in [0.15, 0.2) is 0 Å². The zero-order valence-electron chi connectivity index (χ0n) is 7.79. The molecule has 2 rings (SSSR count). The van der Waals surface area contributed by atoms with Crippen molar-refractivity contribution < 1.29 is 0 Å². The first-order valence-electron chi connectivity index (χ1n) is 4.97. The molecule has 2 heterocycles. The molecule has 0 amide bonds. The monoisotopic (exact) mass is 252 g/mol. The van der Waals surface area contributed by atoms with Crippen LogP contribution in [0.25, 0.3) is 0 Å².